The Morgan fingerprint density at radius 3 is 3.20 bits per heavy atom. The van der Waals surface area contributed by atoms with Gasteiger partial charge in [-0.05, 0) is 24.5 Å². The molecular formula is C19H27N5O. The Morgan fingerprint density at radius 2 is 2.48 bits per heavy atom. The summed E-state index contributed by atoms with van der Waals surface area (Å²) in [5, 5.41) is 3.40. The van der Waals surface area contributed by atoms with Crippen LogP contribution in [-0.4, -0.2) is 46.6 Å². The van der Waals surface area contributed by atoms with Crippen molar-refractivity contribution < 1.29 is 4.42 Å². The Kier molecular flexibility index (Phi) is 5.93. The molecule has 2 atom stereocenters. The molecule has 3 heterocycles. The number of furan rings is 1. The molecule has 0 spiro atoms. The maximum absolute atomic E-state index is 5.39. The number of piperidine rings is 1. The third-order valence-electron chi connectivity index (χ3n) is 4.73. The second kappa shape index (κ2) is 8.55. The third-order valence-corrected chi connectivity index (χ3v) is 4.73. The number of guanidine groups is 1. The van der Waals surface area contributed by atoms with E-state index in [1.165, 1.54) is 0 Å². The van der Waals surface area contributed by atoms with Crippen LogP contribution in [0.5, 0.6) is 0 Å². The van der Waals surface area contributed by atoms with Gasteiger partial charge in [0.25, 0.3) is 0 Å². The van der Waals surface area contributed by atoms with Gasteiger partial charge in [-0.1, -0.05) is 13.0 Å². The van der Waals surface area contributed by atoms with Crippen LogP contribution in [-0.2, 0) is 6.42 Å². The number of aromatic nitrogens is 2. The molecule has 1 N–H and O–H groups in total. The highest BCUT2D eigenvalue weighted by molar-refractivity contribution is 5.80. The minimum atomic E-state index is 0.414. The van der Waals surface area contributed by atoms with Crippen LogP contribution in [0.3, 0.4) is 0 Å². The largest absolute Gasteiger partial charge is 0.469 e. The predicted octanol–water partition coefficient (Wildman–Crippen LogP) is 2.73. The summed E-state index contributed by atoms with van der Waals surface area (Å²) >= 11 is 0. The van der Waals surface area contributed by atoms with Gasteiger partial charge in [0.2, 0.25) is 0 Å². The molecule has 2 unspecified atom stereocenters. The minimum Gasteiger partial charge on any atom is -0.469 e. The Labute approximate surface area is 149 Å². The molecule has 2 aromatic rings. The number of nitrogens with zero attached hydrogens (tertiary/aromatic N) is 4. The molecule has 1 aliphatic heterocycles. The standard InChI is InChI=1S/C19H27N5O/c1-3-8-21-19(22-9-6-17-5-4-13-25-17)23-11-7-16(2)18(14-23)24-12-10-20-15-24/h3-5,10,12-13,15-16,18H,1,6-9,11,14H2,2H3,(H,21,22). The van der Waals surface area contributed by atoms with E-state index in [9.17, 15) is 0 Å². The van der Waals surface area contributed by atoms with Gasteiger partial charge < -0.3 is 19.2 Å². The summed E-state index contributed by atoms with van der Waals surface area (Å²) in [4.78, 5) is 11.3. The van der Waals surface area contributed by atoms with Gasteiger partial charge in [0.1, 0.15) is 5.76 Å². The summed E-state index contributed by atoms with van der Waals surface area (Å²) in [7, 11) is 0. The van der Waals surface area contributed by atoms with E-state index in [2.05, 4.69) is 39.5 Å². The molecule has 6 nitrogen and oxygen atoms in total. The first kappa shape index (κ1) is 17.3. The number of rotatable bonds is 6. The van der Waals surface area contributed by atoms with Gasteiger partial charge in [-0.3, -0.25) is 4.99 Å². The molecule has 0 radical (unpaired) electrons. The highest BCUT2D eigenvalue weighted by atomic mass is 16.3. The van der Waals surface area contributed by atoms with Crippen molar-refractivity contribution in [3.05, 3.63) is 55.5 Å². The van der Waals surface area contributed by atoms with Crippen LogP contribution >= 0.6 is 0 Å². The first-order chi connectivity index (χ1) is 12.3. The lowest BCUT2D eigenvalue weighted by Crippen LogP contribution is -2.49. The summed E-state index contributed by atoms with van der Waals surface area (Å²) in [5.74, 6) is 2.54. The topological polar surface area (TPSA) is 58.6 Å². The fraction of sp³-hybridized carbons (Fsp3) is 0.474. The Balaban J connectivity index is 1.67. The Bertz CT molecular complexity index is 662. The second-order valence-corrected chi connectivity index (χ2v) is 6.49. The quantitative estimate of drug-likeness (QED) is 0.499. The highest BCUT2D eigenvalue weighted by Gasteiger charge is 2.28. The summed E-state index contributed by atoms with van der Waals surface area (Å²) in [5.41, 5.74) is 0. The predicted molar refractivity (Wildman–Crippen MR) is 99.5 cm³/mol. The van der Waals surface area contributed by atoms with Gasteiger partial charge in [0.15, 0.2) is 5.96 Å². The van der Waals surface area contributed by atoms with Gasteiger partial charge in [-0.15, -0.1) is 6.58 Å². The zero-order valence-electron chi connectivity index (χ0n) is 14.8. The number of aliphatic imine (C=N–C) groups is 1. The molecule has 0 amide bonds. The molecule has 1 fully saturated rings. The van der Waals surface area contributed by atoms with Crippen molar-refractivity contribution in [3.8, 4) is 0 Å². The summed E-state index contributed by atoms with van der Waals surface area (Å²) in [6.07, 6.45) is 11.3. The van der Waals surface area contributed by atoms with Crippen LogP contribution in [0.2, 0.25) is 0 Å². The average Bonchev–Trinajstić information content (AvgIpc) is 3.32. The second-order valence-electron chi connectivity index (χ2n) is 6.49. The highest BCUT2D eigenvalue weighted by Crippen LogP contribution is 2.27. The molecule has 0 aromatic carbocycles. The number of likely N-dealkylation sites (tertiary alicyclic amines) is 1. The van der Waals surface area contributed by atoms with Crippen molar-refractivity contribution in [3.63, 3.8) is 0 Å². The number of hydrogen-bond donors (Lipinski definition) is 1. The average molecular weight is 341 g/mol. The molecule has 0 aliphatic carbocycles. The van der Waals surface area contributed by atoms with E-state index < -0.39 is 0 Å². The summed E-state index contributed by atoms with van der Waals surface area (Å²) in [6.45, 7) is 9.47. The molecule has 25 heavy (non-hydrogen) atoms. The lowest BCUT2D eigenvalue weighted by Gasteiger charge is -2.39. The van der Waals surface area contributed by atoms with Crippen LogP contribution in [0.25, 0.3) is 0 Å². The van der Waals surface area contributed by atoms with E-state index in [-0.39, 0.29) is 0 Å². The van der Waals surface area contributed by atoms with Gasteiger partial charge in [0.05, 0.1) is 18.6 Å². The number of hydrogen-bond acceptors (Lipinski definition) is 3. The van der Waals surface area contributed by atoms with E-state index in [1.54, 1.807) is 6.26 Å². The fourth-order valence-corrected chi connectivity index (χ4v) is 3.25. The Hall–Kier alpha value is -2.50. The molecule has 0 bridgehead atoms. The first-order valence-corrected chi connectivity index (χ1v) is 8.92. The zero-order chi connectivity index (χ0) is 17.5. The van der Waals surface area contributed by atoms with Crippen LogP contribution in [0.4, 0.5) is 0 Å². The lowest BCUT2D eigenvalue weighted by atomic mass is 9.93. The maximum atomic E-state index is 5.39. The van der Waals surface area contributed by atoms with Gasteiger partial charge >= 0.3 is 0 Å². The van der Waals surface area contributed by atoms with Gasteiger partial charge in [-0.25, -0.2) is 4.98 Å². The molecule has 3 rings (SSSR count). The van der Waals surface area contributed by atoms with E-state index in [1.807, 2.05) is 30.7 Å². The molecule has 134 valence electrons. The Morgan fingerprint density at radius 1 is 1.56 bits per heavy atom. The van der Waals surface area contributed by atoms with Gasteiger partial charge in [0, 0.05) is 45.0 Å². The monoisotopic (exact) mass is 341 g/mol. The van der Waals surface area contributed by atoms with E-state index in [0.29, 0.717) is 25.0 Å². The lowest BCUT2D eigenvalue weighted by molar-refractivity contribution is 0.189. The van der Waals surface area contributed by atoms with E-state index in [4.69, 9.17) is 9.41 Å². The zero-order valence-corrected chi connectivity index (χ0v) is 14.8. The normalized spacial score (nSPS) is 21.3. The van der Waals surface area contributed by atoms with Crippen molar-refractivity contribution >= 4 is 5.96 Å². The molecule has 6 heteroatoms. The van der Waals surface area contributed by atoms with Gasteiger partial charge in [-0.2, -0.15) is 0 Å². The van der Waals surface area contributed by atoms with Crippen molar-refractivity contribution in [1.82, 2.24) is 19.8 Å². The van der Waals surface area contributed by atoms with E-state index >= 15 is 0 Å². The third kappa shape index (κ3) is 4.53. The number of imidazole rings is 1. The van der Waals surface area contributed by atoms with Crippen LogP contribution in [0, 0.1) is 5.92 Å². The molecule has 2 aromatic heterocycles. The van der Waals surface area contributed by atoms with Crippen molar-refractivity contribution in [1.29, 1.82) is 0 Å². The maximum Gasteiger partial charge on any atom is 0.194 e. The minimum absolute atomic E-state index is 0.414. The first-order valence-electron chi connectivity index (χ1n) is 8.92. The van der Waals surface area contributed by atoms with Crippen molar-refractivity contribution in [2.75, 3.05) is 26.2 Å². The smallest absolute Gasteiger partial charge is 0.194 e. The van der Waals surface area contributed by atoms with Crippen LogP contribution in [0.15, 0.2) is 59.2 Å². The van der Waals surface area contributed by atoms with Crippen LogP contribution in [0.1, 0.15) is 25.1 Å². The van der Waals surface area contributed by atoms with Crippen molar-refractivity contribution in [2.45, 2.75) is 25.8 Å². The molecule has 0 saturated carbocycles. The summed E-state index contributed by atoms with van der Waals surface area (Å²) in [6, 6.07) is 4.32. The van der Waals surface area contributed by atoms with Crippen molar-refractivity contribution in [2.24, 2.45) is 10.9 Å². The fourth-order valence-electron chi connectivity index (χ4n) is 3.25. The molecule has 1 saturated heterocycles. The van der Waals surface area contributed by atoms with E-state index in [0.717, 1.165) is 37.7 Å². The SMILES string of the molecule is C=CCNC(=NCCc1ccco1)N1CCC(C)C(n2ccnc2)C1. The number of nitrogens with one attached hydrogen (secondary N) is 1. The molecule has 1 aliphatic rings. The van der Waals surface area contributed by atoms with Crippen LogP contribution < -0.4 is 5.32 Å². The summed E-state index contributed by atoms with van der Waals surface area (Å²) < 4.78 is 7.61. The molecular weight excluding hydrogens is 314 g/mol.